The molecule has 0 saturated carbocycles. The summed E-state index contributed by atoms with van der Waals surface area (Å²) < 4.78 is 49.3. The Kier molecular flexibility index (Phi) is 5.86. The smallest absolute Gasteiger partial charge is 0.416 e. The van der Waals surface area contributed by atoms with Crippen LogP contribution in [0.25, 0.3) is 0 Å². The van der Waals surface area contributed by atoms with Gasteiger partial charge in [-0.3, -0.25) is 4.90 Å². The van der Waals surface area contributed by atoms with Crippen LogP contribution in [0.5, 0.6) is 5.75 Å². The van der Waals surface area contributed by atoms with Crippen molar-refractivity contribution in [3.05, 3.63) is 89.2 Å². The van der Waals surface area contributed by atoms with Crippen LogP contribution in [-0.2, 0) is 19.3 Å². The minimum Gasteiger partial charge on any atom is -0.494 e. The highest BCUT2D eigenvalue weighted by Crippen LogP contribution is 2.40. The lowest BCUT2D eigenvalue weighted by Crippen LogP contribution is -2.31. The Morgan fingerprint density at radius 1 is 1.00 bits per heavy atom. The van der Waals surface area contributed by atoms with Crippen LogP contribution in [0.15, 0.2) is 66.9 Å². The van der Waals surface area contributed by atoms with Crippen LogP contribution in [0.3, 0.4) is 0 Å². The summed E-state index contributed by atoms with van der Waals surface area (Å²) in [6.45, 7) is 4.55. The van der Waals surface area contributed by atoms with Gasteiger partial charge in [0.2, 0.25) is 0 Å². The number of hydrogen-bond acceptors (Lipinski definition) is 2. The third kappa shape index (κ3) is 4.24. The monoisotopic (exact) mass is 414 g/mol. The van der Waals surface area contributed by atoms with Gasteiger partial charge < -0.3 is 9.30 Å². The molecule has 158 valence electrons. The summed E-state index contributed by atoms with van der Waals surface area (Å²) in [7, 11) is 0. The van der Waals surface area contributed by atoms with Crippen LogP contribution >= 0.6 is 0 Å². The number of benzene rings is 2. The molecule has 0 bridgehead atoms. The Balaban J connectivity index is 1.77. The summed E-state index contributed by atoms with van der Waals surface area (Å²) in [6.07, 6.45) is -1.57. The topological polar surface area (TPSA) is 17.4 Å². The van der Waals surface area contributed by atoms with E-state index >= 15 is 0 Å². The van der Waals surface area contributed by atoms with E-state index in [0.717, 1.165) is 30.0 Å². The van der Waals surface area contributed by atoms with Gasteiger partial charge in [-0.2, -0.15) is 13.2 Å². The Morgan fingerprint density at radius 2 is 1.83 bits per heavy atom. The van der Waals surface area contributed by atoms with Crippen LogP contribution in [0.2, 0.25) is 0 Å². The average Bonchev–Trinajstić information content (AvgIpc) is 3.10. The molecule has 0 N–H and O–H groups in total. The number of hydrogen-bond donors (Lipinski definition) is 0. The van der Waals surface area contributed by atoms with Crippen LogP contribution < -0.4 is 4.74 Å². The minimum atomic E-state index is -4.40. The molecule has 0 aliphatic carbocycles. The Labute approximate surface area is 174 Å². The zero-order valence-corrected chi connectivity index (χ0v) is 16.9. The normalized spacial score (nSPS) is 17.4. The number of ether oxygens (including phenoxy) is 1. The number of halogens is 3. The van der Waals surface area contributed by atoms with E-state index in [0.29, 0.717) is 25.3 Å². The fraction of sp³-hybridized carbons (Fsp3) is 0.333. The molecule has 30 heavy (non-hydrogen) atoms. The third-order valence-electron chi connectivity index (χ3n) is 5.51. The molecule has 2 heterocycles. The maximum absolute atomic E-state index is 13.9. The molecule has 3 nitrogen and oxygen atoms in total. The van der Waals surface area contributed by atoms with Gasteiger partial charge in [0.25, 0.3) is 0 Å². The van der Waals surface area contributed by atoms with Gasteiger partial charge >= 0.3 is 6.18 Å². The molecule has 0 saturated heterocycles. The molecule has 1 aliphatic heterocycles. The van der Waals surface area contributed by atoms with Crippen LogP contribution in [0.1, 0.15) is 41.8 Å². The van der Waals surface area contributed by atoms with Crippen LogP contribution in [-0.4, -0.2) is 22.6 Å². The van der Waals surface area contributed by atoms with Crippen molar-refractivity contribution in [2.24, 2.45) is 0 Å². The summed E-state index contributed by atoms with van der Waals surface area (Å²) in [5.74, 6) is 0.778. The second-order valence-corrected chi connectivity index (χ2v) is 7.52. The number of nitrogens with zero attached hydrogens (tertiary/aromatic N) is 2. The van der Waals surface area contributed by atoms with E-state index in [4.69, 9.17) is 4.74 Å². The SMILES string of the molecule is CCOc1cccc(CN2CCCn3cccc3C2c2ccccc2C(F)(F)F)c1. The fourth-order valence-corrected chi connectivity index (χ4v) is 4.29. The zero-order valence-electron chi connectivity index (χ0n) is 16.9. The number of fused-ring (bicyclic) bond motifs is 1. The number of aromatic nitrogens is 1. The number of aryl methyl sites for hydroxylation is 1. The predicted octanol–water partition coefficient (Wildman–Crippen LogP) is 5.90. The molecule has 1 aromatic heterocycles. The molecule has 1 unspecified atom stereocenters. The van der Waals surface area contributed by atoms with Crippen molar-refractivity contribution in [1.82, 2.24) is 9.47 Å². The van der Waals surface area contributed by atoms with Gasteiger partial charge in [0, 0.05) is 31.5 Å². The highest BCUT2D eigenvalue weighted by Gasteiger charge is 2.38. The van der Waals surface area contributed by atoms with E-state index in [2.05, 4.69) is 9.47 Å². The Hall–Kier alpha value is -2.73. The van der Waals surface area contributed by atoms with Gasteiger partial charge in [-0.15, -0.1) is 0 Å². The Bertz CT molecular complexity index is 996. The largest absolute Gasteiger partial charge is 0.494 e. The van der Waals surface area contributed by atoms with E-state index in [1.807, 2.05) is 49.5 Å². The highest BCUT2D eigenvalue weighted by molar-refractivity contribution is 5.38. The molecule has 0 fully saturated rings. The van der Waals surface area contributed by atoms with Crippen molar-refractivity contribution >= 4 is 0 Å². The first-order valence-electron chi connectivity index (χ1n) is 10.2. The van der Waals surface area contributed by atoms with Crippen molar-refractivity contribution in [1.29, 1.82) is 0 Å². The highest BCUT2D eigenvalue weighted by atomic mass is 19.4. The van der Waals surface area contributed by atoms with E-state index < -0.39 is 17.8 Å². The van der Waals surface area contributed by atoms with Gasteiger partial charge in [0.15, 0.2) is 0 Å². The summed E-state index contributed by atoms with van der Waals surface area (Å²) >= 11 is 0. The van der Waals surface area contributed by atoms with Crippen molar-refractivity contribution in [2.75, 3.05) is 13.2 Å². The van der Waals surface area contributed by atoms with E-state index in [1.54, 1.807) is 12.1 Å². The van der Waals surface area contributed by atoms with Gasteiger partial charge in [-0.1, -0.05) is 30.3 Å². The van der Waals surface area contributed by atoms with Gasteiger partial charge in [-0.25, -0.2) is 0 Å². The lowest BCUT2D eigenvalue weighted by Gasteiger charge is -2.32. The van der Waals surface area contributed by atoms with Crippen LogP contribution in [0, 0.1) is 0 Å². The summed E-state index contributed by atoms with van der Waals surface area (Å²) in [5.41, 5.74) is 1.64. The molecule has 2 aromatic carbocycles. The maximum atomic E-state index is 13.9. The van der Waals surface area contributed by atoms with Gasteiger partial charge in [-0.05, 0) is 54.8 Å². The first-order chi connectivity index (χ1) is 14.5. The van der Waals surface area contributed by atoms with E-state index in [-0.39, 0.29) is 0 Å². The summed E-state index contributed by atoms with van der Waals surface area (Å²) in [5, 5.41) is 0. The number of alkyl halides is 3. The molecule has 1 atom stereocenters. The first-order valence-corrected chi connectivity index (χ1v) is 10.2. The second kappa shape index (κ2) is 8.56. The first kappa shape index (κ1) is 20.5. The van der Waals surface area contributed by atoms with Crippen molar-refractivity contribution in [3.8, 4) is 5.75 Å². The molecule has 1 aliphatic rings. The lowest BCUT2D eigenvalue weighted by atomic mass is 9.95. The predicted molar refractivity (Wildman–Crippen MR) is 110 cm³/mol. The van der Waals surface area contributed by atoms with Crippen molar-refractivity contribution < 1.29 is 17.9 Å². The molecule has 6 heteroatoms. The summed E-state index contributed by atoms with van der Waals surface area (Å²) in [4.78, 5) is 2.15. The second-order valence-electron chi connectivity index (χ2n) is 7.52. The molecule has 3 aromatic rings. The Morgan fingerprint density at radius 3 is 2.63 bits per heavy atom. The minimum absolute atomic E-state index is 0.299. The summed E-state index contributed by atoms with van der Waals surface area (Å²) in [6, 6.07) is 17.1. The van der Waals surface area contributed by atoms with Crippen LogP contribution in [0.4, 0.5) is 13.2 Å². The zero-order chi connectivity index (χ0) is 21.1. The standard InChI is InChI=1S/C24H25F3N2O/c1-2-30-19-9-5-8-18(16-19)17-29-15-7-14-28-13-6-12-22(28)23(29)20-10-3-4-11-21(20)24(25,26)27/h3-6,8-13,16,23H,2,7,14-15,17H2,1H3. The molecule has 4 rings (SSSR count). The molecule has 0 spiro atoms. The van der Waals surface area contributed by atoms with Crippen molar-refractivity contribution in [3.63, 3.8) is 0 Å². The van der Waals surface area contributed by atoms with Crippen molar-refractivity contribution in [2.45, 2.75) is 38.7 Å². The molecular weight excluding hydrogens is 389 g/mol. The average molecular weight is 414 g/mol. The number of rotatable bonds is 5. The quantitative estimate of drug-likeness (QED) is 0.517. The molecule has 0 amide bonds. The maximum Gasteiger partial charge on any atom is 0.416 e. The van der Waals surface area contributed by atoms with E-state index in [9.17, 15) is 13.2 Å². The molecular formula is C24H25F3N2O. The third-order valence-corrected chi connectivity index (χ3v) is 5.51. The molecule has 0 radical (unpaired) electrons. The van der Waals surface area contributed by atoms with E-state index in [1.165, 1.54) is 12.1 Å². The van der Waals surface area contributed by atoms with Gasteiger partial charge in [0.05, 0.1) is 18.2 Å². The van der Waals surface area contributed by atoms with Gasteiger partial charge in [0.1, 0.15) is 5.75 Å². The lowest BCUT2D eigenvalue weighted by molar-refractivity contribution is -0.138. The fourth-order valence-electron chi connectivity index (χ4n) is 4.29.